The molecule has 1 unspecified atom stereocenters. The molecule has 5 nitrogen and oxygen atoms in total. The maximum absolute atomic E-state index is 5.72. The number of nitrogens with zero attached hydrogens (tertiary/aromatic N) is 3. The highest BCUT2D eigenvalue weighted by Gasteiger charge is 2.19. The largest absolute Gasteiger partial charge is 0.308 e. The summed E-state index contributed by atoms with van der Waals surface area (Å²) in [5, 5.41) is 4.43. The van der Waals surface area contributed by atoms with E-state index in [0.717, 1.165) is 36.1 Å². The summed E-state index contributed by atoms with van der Waals surface area (Å²) >= 11 is 3.58. The van der Waals surface area contributed by atoms with E-state index in [9.17, 15) is 0 Å². The van der Waals surface area contributed by atoms with Crippen LogP contribution in [0.1, 0.15) is 38.4 Å². The van der Waals surface area contributed by atoms with Gasteiger partial charge in [-0.3, -0.25) is 16.0 Å². The normalized spacial score (nSPS) is 13.5. The predicted octanol–water partition coefficient (Wildman–Crippen LogP) is 2.15. The minimum Gasteiger partial charge on any atom is -0.308 e. The molecule has 1 rings (SSSR count). The first-order valence-electron chi connectivity index (χ1n) is 6.77. The van der Waals surface area contributed by atoms with Crippen molar-refractivity contribution in [1.82, 2.24) is 20.1 Å². The van der Waals surface area contributed by atoms with Crippen LogP contribution < -0.4 is 11.3 Å². The van der Waals surface area contributed by atoms with Crippen LogP contribution in [0.4, 0.5) is 0 Å². The third kappa shape index (κ3) is 5.22. The summed E-state index contributed by atoms with van der Waals surface area (Å²) in [7, 11) is 4.13. The summed E-state index contributed by atoms with van der Waals surface area (Å²) in [4.78, 5) is 2.15. The van der Waals surface area contributed by atoms with Gasteiger partial charge in [0.25, 0.3) is 0 Å². The van der Waals surface area contributed by atoms with Crippen molar-refractivity contribution < 1.29 is 0 Å². The molecule has 3 N–H and O–H groups in total. The number of nitrogens with one attached hydrogen (secondary N) is 1. The van der Waals surface area contributed by atoms with Crippen molar-refractivity contribution >= 4 is 15.9 Å². The third-order valence-corrected chi connectivity index (χ3v) is 3.77. The molecule has 19 heavy (non-hydrogen) atoms. The summed E-state index contributed by atoms with van der Waals surface area (Å²) < 4.78 is 3.06. The van der Waals surface area contributed by atoms with E-state index in [4.69, 9.17) is 5.84 Å². The van der Waals surface area contributed by atoms with Crippen LogP contribution in [-0.2, 0) is 6.54 Å². The van der Waals surface area contributed by atoms with Gasteiger partial charge in [0.1, 0.15) is 0 Å². The quantitative estimate of drug-likeness (QED) is 0.566. The van der Waals surface area contributed by atoms with Crippen LogP contribution in [0.2, 0.25) is 0 Å². The Kier molecular flexibility index (Phi) is 6.99. The van der Waals surface area contributed by atoms with E-state index in [2.05, 4.69) is 59.3 Å². The molecule has 0 radical (unpaired) electrons. The van der Waals surface area contributed by atoms with E-state index < -0.39 is 0 Å². The fourth-order valence-electron chi connectivity index (χ4n) is 1.99. The van der Waals surface area contributed by atoms with Gasteiger partial charge in [-0.1, -0.05) is 13.8 Å². The van der Waals surface area contributed by atoms with Gasteiger partial charge in [-0.15, -0.1) is 0 Å². The topological polar surface area (TPSA) is 59.1 Å². The number of hydrogen-bond donors (Lipinski definition) is 2. The zero-order chi connectivity index (χ0) is 14.4. The molecule has 0 saturated heterocycles. The number of rotatable bonds is 8. The zero-order valence-electron chi connectivity index (χ0n) is 12.4. The second-order valence-corrected chi connectivity index (χ2v) is 6.45. The highest BCUT2D eigenvalue weighted by Crippen LogP contribution is 2.27. The molecular formula is C13H26BrN5. The Labute approximate surface area is 124 Å². The molecule has 0 bridgehead atoms. The molecule has 0 saturated carbocycles. The minimum absolute atomic E-state index is 0.140. The molecule has 0 amide bonds. The highest BCUT2D eigenvalue weighted by atomic mass is 79.9. The van der Waals surface area contributed by atoms with Gasteiger partial charge in [0.05, 0.1) is 29.0 Å². The standard InChI is InChI=1S/C13H26BrN5/c1-10(2)5-6-12(17-15)13-11(14)9-16-19(13)8-7-18(3)4/h9-10,12,17H,5-8,15H2,1-4H3. The lowest BCUT2D eigenvalue weighted by atomic mass is 10.0. The summed E-state index contributed by atoms with van der Waals surface area (Å²) in [5.41, 5.74) is 4.07. The molecule has 6 heteroatoms. The van der Waals surface area contributed by atoms with Gasteiger partial charge in [0, 0.05) is 6.54 Å². The first kappa shape index (κ1) is 16.6. The highest BCUT2D eigenvalue weighted by molar-refractivity contribution is 9.10. The van der Waals surface area contributed by atoms with Crippen LogP contribution in [0, 0.1) is 5.92 Å². The fraction of sp³-hybridized carbons (Fsp3) is 0.769. The Balaban J connectivity index is 2.80. The van der Waals surface area contributed by atoms with Gasteiger partial charge in [-0.25, -0.2) is 0 Å². The maximum Gasteiger partial charge on any atom is 0.0709 e. The van der Waals surface area contributed by atoms with Crippen molar-refractivity contribution in [2.75, 3.05) is 20.6 Å². The van der Waals surface area contributed by atoms with E-state index in [1.807, 2.05) is 10.9 Å². The van der Waals surface area contributed by atoms with Gasteiger partial charge in [0.15, 0.2) is 0 Å². The van der Waals surface area contributed by atoms with Gasteiger partial charge in [-0.2, -0.15) is 5.10 Å². The van der Waals surface area contributed by atoms with Crippen LogP contribution in [0.5, 0.6) is 0 Å². The average molecular weight is 332 g/mol. The molecule has 0 aliphatic rings. The molecule has 0 spiro atoms. The van der Waals surface area contributed by atoms with Crippen molar-refractivity contribution in [1.29, 1.82) is 0 Å². The molecule has 0 aliphatic carbocycles. The molecule has 0 aromatic carbocycles. The van der Waals surface area contributed by atoms with Gasteiger partial charge < -0.3 is 4.90 Å². The monoisotopic (exact) mass is 331 g/mol. The van der Waals surface area contributed by atoms with Crippen molar-refractivity contribution in [3.8, 4) is 0 Å². The second-order valence-electron chi connectivity index (χ2n) is 5.59. The van der Waals surface area contributed by atoms with Crippen LogP contribution in [-0.4, -0.2) is 35.3 Å². The van der Waals surface area contributed by atoms with Crippen LogP contribution in [0.3, 0.4) is 0 Å². The van der Waals surface area contributed by atoms with Gasteiger partial charge >= 0.3 is 0 Å². The Morgan fingerprint density at radius 2 is 2.11 bits per heavy atom. The minimum atomic E-state index is 0.140. The second kappa shape index (κ2) is 7.99. The van der Waals surface area contributed by atoms with Crippen LogP contribution in [0.25, 0.3) is 0 Å². The van der Waals surface area contributed by atoms with Crippen LogP contribution >= 0.6 is 15.9 Å². The summed E-state index contributed by atoms with van der Waals surface area (Å²) in [6.07, 6.45) is 4.01. The number of nitrogens with two attached hydrogens (primary N) is 1. The summed E-state index contributed by atoms with van der Waals surface area (Å²) in [6, 6.07) is 0.140. The zero-order valence-corrected chi connectivity index (χ0v) is 13.9. The first-order chi connectivity index (χ1) is 8.95. The molecule has 0 aliphatic heterocycles. The lowest BCUT2D eigenvalue weighted by Gasteiger charge is -2.20. The molecule has 1 heterocycles. The van der Waals surface area contributed by atoms with E-state index in [1.165, 1.54) is 0 Å². The molecular weight excluding hydrogens is 306 g/mol. The number of hydrogen-bond acceptors (Lipinski definition) is 4. The number of hydrazine groups is 1. The van der Waals surface area contributed by atoms with E-state index >= 15 is 0 Å². The van der Waals surface area contributed by atoms with Gasteiger partial charge in [0.2, 0.25) is 0 Å². The molecule has 1 aromatic heterocycles. The molecule has 0 fully saturated rings. The lowest BCUT2D eigenvalue weighted by molar-refractivity contribution is 0.355. The molecule has 1 atom stereocenters. The van der Waals surface area contributed by atoms with Crippen molar-refractivity contribution in [3.05, 3.63) is 16.4 Å². The maximum atomic E-state index is 5.72. The molecule has 110 valence electrons. The van der Waals surface area contributed by atoms with Crippen molar-refractivity contribution in [3.63, 3.8) is 0 Å². The van der Waals surface area contributed by atoms with E-state index in [0.29, 0.717) is 5.92 Å². The first-order valence-corrected chi connectivity index (χ1v) is 7.57. The average Bonchev–Trinajstić information content (AvgIpc) is 2.69. The van der Waals surface area contributed by atoms with E-state index in [-0.39, 0.29) is 6.04 Å². The Bertz CT molecular complexity index is 375. The SMILES string of the molecule is CC(C)CCC(NN)c1c(Br)cnn1CCN(C)C. The van der Waals surface area contributed by atoms with Crippen LogP contribution in [0.15, 0.2) is 10.7 Å². The Morgan fingerprint density at radius 3 is 2.63 bits per heavy atom. The number of halogens is 1. The fourth-order valence-corrected chi connectivity index (χ4v) is 2.56. The molecule has 1 aromatic rings. The van der Waals surface area contributed by atoms with Crippen molar-refractivity contribution in [2.45, 2.75) is 39.3 Å². The number of likely N-dealkylation sites (N-methyl/N-ethyl adjacent to an activating group) is 1. The number of aromatic nitrogens is 2. The van der Waals surface area contributed by atoms with Gasteiger partial charge in [-0.05, 0) is 48.8 Å². The Hall–Kier alpha value is -0.430. The van der Waals surface area contributed by atoms with E-state index in [1.54, 1.807) is 0 Å². The summed E-state index contributed by atoms with van der Waals surface area (Å²) in [5.74, 6) is 6.40. The predicted molar refractivity (Wildman–Crippen MR) is 82.6 cm³/mol. The Morgan fingerprint density at radius 1 is 1.42 bits per heavy atom. The third-order valence-electron chi connectivity index (χ3n) is 3.16. The lowest BCUT2D eigenvalue weighted by Crippen LogP contribution is -2.31. The van der Waals surface area contributed by atoms with Crippen molar-refractivity contribution in [2.24, 2.45) is 11.8 Å². The summed E-state index contributed by atoms with van der Waals surface area (Å²) in [6.45, 7) is 6.29. The smallest absolute Gasteiger partial charge is 0.0709 e.